The first-order valence-electron chi connectivity index (χ1n) is 6.09. The second kappa shape index (κ2) is 5.63. The van der Waals surface area contributed by atoms with Crippen LogP contribution >= 0.6 is 24.0 Å². The van der Waals surface area contributed by atoms with Gasteiger partial charge in [0.15, 0.2) is 11.6 Å². The number of rotatable bonds is 2. The first-order valence-corrected chi connectivity index (χ1v) is 7.55. The normalized spacial score (nSPS) is 23.5. The number of halogens is 2. The largest absolute Gasteiger partial charge is 0.389 e. The molecule has 2 rings (SSSR count). The molecule has 1 heterocycles. The van der Waals surface area contributed by atoms with Crippen molar-refractivity contribution < 1.29 is 8.78 Å². The molecule has 2 atom stereocenters. The van der Waals surface area contributed by atoms with Crippen molar-refractivity contribution in [1.82, 2.24) is 0 Å². The highest BCUT2D eigenvalue weighted by molar-refractivity contribution is 8.00. The number of thiocarbonyl (C=S) groups is 1. The topological polar surface area (TPSA) is 29.3 Å². The van der Waals surface area contributed by atoms with Gasteiger partial charge in [-0.3, -0.25) is 0 Å². The lowest BCUT2D eigenvalue weighted by Gasteiger charge is -2.39. The number of nitrogens with two attached hydrogens (primary N) is 1. The lowest BCUT2D eigenvalue weighted by atomic mass is 10.1. The molecule has 19 heavy (non-hydrogen) atoms. The molecule has 1 aliphatic rings. The molecule has 0 radical (unpaired) electrons. The molecule has 1 saturated heterocycles. The first kappa shape index (κ1) is 14.5. The van der Waals surface area contributed by atoms with E-state index in [1.165, 1.54) is 6.07 Å². The molecule has 2 nitrogen and oxygen atoms in total. The molecule has 1 aromatic carbocycles. The van der Waals surface area contributed by atoms with E-state index < -0.39 is 11.6 Å². The molecule has 2 unspecified atom stereocenters. The molecular weight excluding hydrogens is 286 g/mol. The Morgan fingerprint density at radius 1 is 1.37 bits per heavy atom. The number of hydrogen-bond acceptors (Lipinski definition) is 3. The summed E-state index contributed by atoms with van der Waals surface area (Å²) >= 11 is 6.55. The Labute approximate surface area is 121 Å². The molecule has 2 N–H and O–H groups in total. The van der Waals surface area contributed by atoms with Crippen molar-refractivity contribution in [2.45, 2.75) is 25.1 Å². The third kappa shape index (κ3) is 2.69. The van der Waals surface area contributed by atoms with Crippen LogP contribution in [0.2, 0.25) is 0 Å². The van der Waals surface area contributed by atoms with Gasteiger partial charge >= 0.3 is 0 Å². The van der Waals surface area contributed by atoms with Crippen LogP contribution in [0.15, 0.2) is 12.1 Å². The molecule has 1 fully saturated rings. The lowest BCUT2D eigenvalue weighted by molar-refractivity contribution is 0.498. The SMILES string of the molecule is CC1SCCN(c2ccc(C(N)=S)c(F)c2F)C1C. The highest BCUT2D eigenvalue weighted by Gasteiger charge is 2.28. The van der Waals surface area contributed by atoms with Crippen LogP contribution in [-0.2, 0) is 0 Å². The highest BCUT2D eigenvalue weighted by Crippen LogP contribution is 2.32. The van der Waals surface area contributed by atoms with Gasteiger partial charge in [0.25, 0.3) is 0 Å². The number of hydrogen-bond donors (Lipinski definition) is 1. The minimum atomic E-state index is -0.955. The molecular formula is C13H16F2N2S2. The summed E-state index contributed by atoms with van der Waals surface area (Å²) in [6.45, 7) is 4.83. The zero-order valence-corrected chi connectivity index (χ0v) is 12.5. The van der Waals surface area contributed by atoms with E-state index in [4.69, 9.17) is 18.0 Å². The summed E-state index contributed by atoms with van der Waals surface area (Å²) in [5.74, 6) is -0.914. The predicted octanol–water partition coefficient (Wildman–Crippen LogP) is 2.93. The Hall–Kier alpha value is -0.880. The van der Waals surface area contributed by atoms with Crippen LogP contribution in [0.5, 0.6) is 0 Å². The van der Waals surface area contributed by atoms with Crippen molar-refractivity contribution >= 4 is 34.7 Å². The van der Waals surface area contributed by atoms with E-state index >= 15 is 0 Å². The van der Waals surface area contributed by atoms with E-state index in [-0.39, 0.29) is 22.3 Å². The summed E-state index contributed by atoms with van der Waals surface area (Å²) in [6, 6.07) is 3.17. The fraction of sp³-hybridized carbons (Fsp3) is 0.462. The maximum atomic E-state index is 14.2. The van der Waals surface area contributed by atoms with Gasteiger partial charge in [0.2, 0.25) is 0 Å². The number of nitrogens with zero attached hydrogens (tertiary/aromatic N) is 1. The monoisotopic (exact) mass is 302 g/mol. The summed E-state index contributed by atoms with van der Waals surface area (Å²) in [6.07, 6.45) is 0. The Morgan fingerprint density at radius 3 is 2.68 bits per heavy atom. The van der Waals surface area contributed by atoms with Crippen LogP contribution < -0.4 is 10.6 Å². The van der Waals surface area contributed by atoms with E-state index in [0.717, 1.165) is 5.75 Å². The van der Waals surface area contributed by atoms with E-state index in [1.807, 2.05) is 23.6 Å². The van der Waals surface area contributed by atoms with E-state index in [0.29, 0.717) is 11.8 Å². The highest BCUT2D eigenvalue weighted by atomic mass is 32.2. The predicted molar refractivity (Wildman–Crippen MR) is 81.0 cm³/mol. The van der Waals surface area contributed by atoms with Crippen molar-refractivity contribution in [1.29, 1.82) is 0 Å². The van der Waals surface area contributed by atoms with Crippen LogP contribution in [0.25, 0.3) is 0 Å². The number of benzene rings is 1. The van der Waals surface area contributed by atoms with Gasteiger partial charge in [-0.15, -0.1) is 0 Å². The number of anilines is 1. The lowest BCUT2D eigenvalue weighted by Crippen LogP contribution is -2.45. The van der Waals surface area contributed by atoms with Gasteiger partial charge in [-0.05, 0) is 19.1 Å². The molecule has 1 aliphatic heterocycles. The Kier molecular flexibility index (Phi) is 4.30. The molecule has 0 aromatic heterocycles. The zero-order chi connectivity index (χ0) is 14.2. The minimum absolute atomic E-state index is 0.0386. The second-order valence-corrected chi connectivity index (χ2v) is 6.56. The summed E-state index contributed by atoms with van der Waals surface area (Å²) in [5, 5.41) is 0.381. The smallest absolute Gasteiger partial charge is 0.182 e. The van der Waals surface area contributed by atoms with Gasteiger partial charge in [-0.25, -0.2) is 8.78 Å². The van der Waals surface area contributed by atoms with Crippen LogP contribution in [0.1, 0.15) is 19.4 Å². The fourth-order valence-corrected chi connectivity index (χ4v) is 3.48. The summed E-state index contributed by atoms with van der Waals surface area (Å²) in [7, 11) is 0. The van der Waals surface area contributed by atoms with Crippen molar-refractivity contribution in [2.75, 3.05) is 17.2 Å². The Bertz CT molecular complexity index is 508. The Morgan fingerprint density at radius 2 is 2.05 bits per heavy atom. The molecule has 1 aromatic rings. The average molecular weight is 302 g/mol. The molecule has 0 amide bonds. The van der Waals surface area contributed by atoms with Crippen molar-refractivity contribution in [3.05, 3.63) is 29.3 Å². The summed E-state index contributed by atoms with van der Waals surface area (Å²) < 4.78 is 28.1. The van der Waals surface area contributed by atoms with E-state index in [2.05, 4.69) is 6.92 Å². The van der Waals surface area contributed by atoms with Gasteiger partial charge in [0.1, 0.15) is 4.99 Å². The summed E-state index contributed by atoms with van der Waals surface area (Å²) in [4.78, 5) is 1.78. The van der Waals surface area contributed by atoms with Crippen LogP contribution in [0, 0.1) is 11.6 Å². The maximum Gasteiger partial charge on any atom is 0.182 e. The van der Waals surface area contributed by atoms with Gasteiger partial charge in [-0.2, -0.15) is 11.8 Å². The summed E-state index contributed by atoms with van der Waals surface area (Å²) in [5.41, 5.74) is 5.62. The van der Waals surface area contributed by atoms with Gasteiger partial charge in [0, 0.05) is 29.2 Å². The molecule has 104 valence electrons. The van der Waals surface area contributed by atoms with Gasteiger partial charge in [0.05, 0.1) is 5.69 Å². The van der Waals surface area contributed by atoms with Crippen LogP contribution in [-0.4, -0.2) is 28.6 Å². The van der Waals surface area contributed by atoms with Crippen molar-refractivity contribution in [3.8, 4) is 0 Å². The molecule has 0 spiro atoms. The fourth-order valence-electron chi connectivity index (χ4n) is 2.22. The third-order valence-electron chi connectivity index (χ3n) is 3.52. The Balaban J connectivity index is 2.40. The van der Waals surface area contributed by atoms with Crippen molar-refractivity contribution in [2.24, 2.45) is 5.73 Å². The van der Waals surface area contributed by atoms with Gasteiger partial charge in [-0.1, -0.05) is 19.1 Å². The standard InChI is InChI=1S/C13H16F2N2S2/c1-7-8(2)19-6-5-17(7)10-4-3-9(13(16)18)11(14)12(10)15/h3-4,7-8H,5-6H2,1-2H3,(H2,16,18). The average Bonchev–Trinajstić information content (AvgIpc) is 2.36. The molecule has 0 bridgehead atoms. The molecule has 6 heteroatoms. The third-order valence-corrected chi connectivity index (χ3v) is 5.08. The van der Waals surface area contributed by atoms with Crippen LogP contribution in [0.3, 0.4) is 0 Å². The first-order chi connectivity index (χ1) is 8.93. The quantitative estimate of drug-likeness (QED) is 0.851. The number of thioether (sulfide) groups is 1. The van der Waals surface area contributed by atoms with Crippen molar-refractivity contribution in [3.63, 3.8) is 0 Å². The zero-order valence-electron chi connectivity index (χ0n) is 10.8. The molecule has 0 saturated carbocycles. The second-order valence-electron chi connectivity index (χ2n) is 4.63. The van der Waals surface area contributed by atoms with E-state index in [1.54, 1.807) is 6.07 Å². The maximum absolute atomic E-state index is 14.2. The van der Waals surface area contributed by atoms with Crippen LogP contribution in [0.4, 0.5) is 14.5 Å². The molecule has 0 aliphatic carbocycles. The minimum Gasteiger partial charge on any atom is -0.389 e. The van der Waals surface area contributed by atoms with Gasteiger partial charge < -0.3 is 10.6 Å². The van der Waals surface area contributed by atoms with E-state index in [9.17, 15) is 8.78 Å².